The molecule has 8 nitrogen and oxygen atoms in total. The highest BCUT2D eigenvalue weighted by atomic mass is 32.2. The van der Waals surface area contributed by atoms with Crippen molar-refractivity contribution in [3.8, 4) is 0 Å². The van der Waals surface area contributed by atoms with Gasteiger partial charge in [-0.15, -0.1) is 0 Å². The van der Waals surface area contributed by atoms with Crippen LogP contribution < -0.4 is 10.9 Å². The highest BCUT2D eigenvalue weighted by Gasteiger charge is 2.43. The smallest absolute Gasteiger partial charge is 0.267 e. The molecule has 12 heteroatoms. The van der Waals surface area contributed by atoms with E-state index in [4.69, 9.17) is 24.4 Å². The first kappa shape index (κ1) is 24.1. The van der Waals surface area contributed by atoms with Gasteiger partial charge in [-0.05, 0) is 62.5 Å². The Morgan fingerprint density at radius 2 is 1.12 bits per heavy atom. The minimum atomic E-state index is -0.651. The second-order valence-electron chi connectivity index (χ2n) is 7.30. The molecule has 34 heavy (non-hydrogen) atoms. The highest BCUT2D eigenvalue weighted by molar-refractivity contribution is 8.29. The van der Waals surface area contributed by atoms with Crippen molar-refractivity contribution in [1.82, 2.24) is 20.9 Å². The molecular formula is C22H16N4O4S4. The van der Waals surface area contributed by atoms with Gasteiger partial charge in [0.2, 0.25) is 0 Å². The zero-order chi connectivity index (χ0) is 24.6. The predicted molar refractivity (Wildman–Crippen MR) is 138 cm³/mol. The number of benzene rings is 2. The zero-order valence-corrected chi connectivity index (χ0v) is 21.0. The van der Waals surface area contributed by atoms with Gasteiger partial charge in [0.15, 0.2) is 8.64 Å². The lowest BCUT2D eigenvalue weighted by atomic mass is 10.1. The number of hydrogen-bond donors (Lipinski definition) is 2. The number of amides is 4. The summed E-state index contributed by atoms with van der Waals surface area (Å²) in [5, 5.41) is 1.86. The molecule has 4 amide bonds. The molecule has 0 aliphatic carbocycles. The molecule has 172 valence electrons. The van der Waals surface area contributed by atoms with Gasteiger partial charge >= 0.3 is 0 Å². The van der Waals surface area contributed by atoms with Gasteiger partial charge in [-0.1, -0.05) is 58.9 Å². The van der Waals surface area contributed by atoms with Crippen molar-refractivity contribution in [3.05, 3.63) is 80.6 Å². The van der Waals surface area contributed by atoms with Crippen molar-refractivity contribution in [2.75, 3.05) is 0 Å². The molecule has 2 saturated heterocycles. The second-order valence-corrected chi connectivity index (χ2v) is 10.6. The van der Waals surface area contributed by atoms with Gasteiger partial charge in [-0.3, -0.25) is 30.0 Å². The molecular weight excluding hydrogens is 513 g/mol. The Labute approximate surface area is 214 Å². The van der Waals surface area contributed by atoms with E-state index in [2.05, 4.69) is 10.9 Å². The second kappa shape index (κ2) is 9.66. The third kappa shape index (κ3) is 4.75. The molecule has 0 bridgehead atoms. The predicted octanol–water partition coefficient (Wildman–Crippen LogP) is 3.23. The quantitative estimate of drug-likeness (QED) is 0.461. The minimum absolute atomic E-state index is 0.0270. The summed E-state index contributed by atoms with van der Waals surface area (Å²) in [5.74, 6) is -2.33. The lowest BCUT2D eigenvalue weighted by Gasteiger charge is -2.16. The number of thioether (sulfide) groups is 2. The van der Waals surface area contributed by atoms with Crippen molar-refractivity contribution in [1.29, 1.82) is 0 Å². The van der Waals surface area contributed by atoms with Crippen LogP contribution in [0.1, 0.15) is 31.8 Å². The van der Waals surface area contributed by atoms with Crippen LogP contribution in [0.2, 0.25) is 0 Å². The topological polar surface area (TPSA) is 98.8 Å². The average Bonchev–Trinajstić information content (AvgIpc) is 3.23. The Balaban J connectivity index is 1.52. The van der Waals surface area contributed by atoms with Crippen LogP contribution in [-0.2, 0) is 9.59 Å². The molecule has 4 rings (SSSR count). The van der Waals surface area contributed by atoms with Crippen LogP contribution in [0.5, 0.6) is 0 Å². The number of carbonyl (C=O) groups excluding carboxylic acids is 4. The zero-order valence-electron chi connectivity index (χ0n) is 17.8. The molecule has 0 spiro atoms. The van der Waals surface area contributed by atoms with Crippen LogP contribution in [0.4, 0.5) is 0 Å². The van der Waals surface area contributed by atoms with E-state index in [0.717, 1.165) is 44.7 Å². The van der Waals surface area contributed by atoms with Gasteiger partial charge in [-0.2, -0.15) is 10.0 Å². The summed E-state index contributed by atoms with van der Waals surface area (Å²) in [7, 11) is 0. The van der Waals surface area contributed by atoms with E-state index in [1.54, 1.807) is 36.4 Å². The van der Waals surface area contributed by atoms with Crippen molar-refractivity contribution in [2.24, 2.45) is 0 Å². The fourth-order valence-electron chi connectivity index (χ4n) is 3.11. The molecule has 0 saturated carbocycles. The average molecular weight is 529 g/mol. The first-order chi connectivity index (χ1) is 16.2. The third-order valence-electron chi connectivity index (χ3n) is 4.73. The third-order valence-corrected chi connectivity index (χ3v) is 7.61. The van der Waals surface area contributed by atoms with Crippen molar-refractivity contribution < 1.29 is 19.2 Å². The number of thiocarbonyl (C=S) groups is 2. The van der Waals surface area contributed by atoms with E-state index in [1.807, 2.05) is 26.0 Å². The summed E-state index contributed by atoms with van der Waals surface area (Å²) >= 11 is 12.3. The van der Waals surface area contributed by atoms with E-state index in [0.29, 0.717) is 11.1 Å². The Kier molecular flexibility index (Phi) is 6.84. The first-order valence-corrected chi connectivity index (χ1v) is 12.2. The lowest BCUT2D eigenvalue weighted by Crippen LogP contribution is -2.45. The van der Waals surface area contributed by atoms with E-state index in [1.165, 1.54) is 0 Å². The summed E-state index contributed by atoms with van der Waals surface area (Å²) in [6.45, 7) is 3.69. The largest absolute Gasteiger partial charge is 0.286 e. The number of aryl methyl sites for hydroxylation is 2. The maximum atomic E-state index is 13.0. The highest BCUT2D eigenvalue weighted by Crippen LogP contribution is 2.41. The Morgan fingerprint density at radius 1 is 0.735 bits per heavy atom. The van der Waals surface area contributed by atoms with Crippen LogP contribution in [0, 0.1) is 13.8 Å². The maximum absolute atomic E-state index is 13.0. The van der Waals surface area contributed by atoms with E-state index >= 15 is 0 Å². The van der Waals surface area contributed by atoms with E-state index in [9.17, 15) is 19.2 Å². The normalized spacial score (nSPS) is 18.1. The summed E-state index contributed by atoms with van der Waals surface area (Å²) < 4.78 is 0.130. The van der Waals surface area contributed by atoms with E-state index in [-0.39, 0.29) is 18.5 Å². The van der Waals surface area contributed by atoms with E-state index < -0.39 is 23.6 Å². The molecule has 0 radical (unpaired) electrons. The fourth-order valence-corrected chi connectivity index (χ4v) is 5.62. The summed E-state index contributed by atoms with van der Waals surface area (Å²) in [4.78, 5) is 51.2. The molecule has 0 aromatic heterocycles. The molecule has 2 fully saturated rings. The van der Waals surface area contributed by atoms with Gasteiger partial charge in [0.25, 0.3) is 23.6 Å². The number of rotatable bonds is 4. The summed E-state index contributed by atoms with van der Waals surface area (Å²) in [5.41, 5.74) is 7.46. The van der Waals surface area contributed by atoms with Crippen LogP contribution in [0.25, 0.3) is 0 Å². The van der Waals surface area contributed by atoms with Gasteiger partial charge in [-0.25, -0.2) is 0 Å². The Bertz CT molecular complexity index is 1220. The Hall–Kier alpha value is -3.06. The monoisotopic (exact) mass is 528 g/mol. The number of nitrogens with zero attached hydrogens (tertiary/aromatic N) is 2. The van der Waals surface area contributed by atoms with Gasteiger partial charge in [0.1, 0.15) is 9.81 Å². The molecule has 2 aromatic carbocycles. The number of hydrogen-bond acceptors (Lipinski definition) is 8. The standard InChI is InChI=1S/C22H16N4O4S4/c1-11-5-3-7-13(9-11)17(27)23-25-19(29)15(33-21(25)31)16-20(30)26(22(32)34-16)24-18(28)14-8-4-6-12(2)10-14/h3-10H,1-2H3,(H,23,27)(H,24,28). The molecule has 2 aliphatic heterocycles. The minimum Gasteiger partial charge on any atom is -0.267 e. The number of nitrogens with one attached hydrogen (secondary N) is 2. The molecule has 2 aromatic rings. The van der Waals surface area contributed by atoms with Crippen LogP contribution in [-0.4, -0.2) is 42.3 Å². The first-order valence-electron chi connectivity index (χ1n) is 9.78. The van der Waals surface area contributed by atoms with Gasteiger partial charge in [0, 0.05) is 11.1 Å². The lowest BCUT2D eigenvalue weighted by molar-refractivity contribution is -0.126. The van der Waals surface area contributed by atoms with Gasteiger partial charge < -0.3 is 0 Å². The number of hydrazine groups is 2. The Morgan fingerprint density at radius 3 is 1.47 bits per heavy atom. The van der Waals surface area contributed by atoms with Crippen LogP contribution in [0.3, 0.4) is 0 Å². The molecule has 2 heterocycles. The molecule has 0 unspecified atom stereocenters. The van der Waals surface area contributed by atoms with Crippen LogP contribution >= 0.6 is 48.0 Å². The van der Waals surface area contributed by atoms with Gasteiger partial charge in [0.05, 0.1) is 0 Å². The molecule has 2 aliphatic rings. The fraction of sp³-hybridized carbons (Fsp3) is 0.0909. The van der Waals surface area contributed by atoms with Crippen molar-refractivity contribution in [2.45, 2.75) is 13.8 Å². The SMILES string of the molecule is Cc1cccc(C(=O)NN2C(=O)C(=C3SC(=S)N(NC(=O)c4cccc(C)c4)C3=O)SC2=S)c1. The molecule has 2 N–H and O–H groups in total. The summed E-state index contributed by atoms with van der Waals surface area (Å²) in [6, 6.07) is 13.7. The molecule has 0 atom stereocenters. The van der Waals surface area contributed by atoms with Crippen molar-refractivity contribution >= 4 is 80.2 Å². The maximum Gasteiger partial charge on any atom is 0.286 e. The summed E-state index contributed by atoms with van der Waals surface area (Å²) in [6.07, 6.45) is 0. The van der Waals surface area contributed by atoms with Crippen LogP contribution in [0.15, 0.2) is 58.3 Å². The number of carbonyl (C=O) groups is 4. The van der Waals surface area contributed by atoms with Crippen molar-refractivity contribution in [3.63, 3.8) is 0 Å².